The molecule has 28 heavy (non-hydrogen) atoms. The fraction of sp³-hybridized carbons (Fsp3) is 0.632. The Morgan fingerprint density at radius 3 is 2.57 bits per heavy atom. The molecule has 0 radical (unpaired) electrons. The van der Waals surface area contributed by atoms with Crippen LogP contribution < -0.4 is 9.46 Å². The second kappa shape index (κ2) is 9.69. The van der Waals surface area contributed by atoms with Crippen molar-refractivity contribution in [1.29, 1.82) is 0 Å². The highest BCUT2D eigenvalue weighted by molar-refractivity contribution is 7.88. The lowest BCUT2D eigenvalue weighted by molar-refractivity contribution is -0.130. The Morgan fingerprint density at radius 1 is 1.29 bits per heavy atom. The van der Waals surface area contributed by atoms with Gasteiger partial charge in [0, 0.05) is 26.2 Å². The third kappa shape index (κ3) is 7.38. The van der Waals surface area contributed by atoms with Crippen molar-refractivity contribution in [2.45, 2.75) is 31.4 Å². The van der Waals surface area contributed by atoms with Crippen molar-refractivity contribution in [2.24, 2.45) is 0 Å². The first-order valence-electron chi connectivity index (χ1n) is 9.36. The Bertz CT molecular complexity index is 753. The predicted octanol–water partition coefficient (Wildman–Crippen LogP) is 0.420. The third-order valence-electron chi connectivity index (χ3n) is 4.93. The maximum Gasteiger partial charge on any atom is 0.237 e. The van der Waals surface area contributed by atoms with Gasteiger partial charge in [0.15, 0.2) is 0 Å². The predicted molar refractivity (Wildman–Crippen MR) is 108 cm³/mol. The molecule has 9 heteroatoms. The van der Waals surface area contributed by atoms with Gasteiger partial charge < -0.3 is 14.7 Å². The number of methoxy groups -OCH3 is 1. The lowest BCUT2D eigenvalue weighted by Crippen LogP contribution is -2.43. The number of hydrogen-bond acceptors (Lipinski definition) is 6. The van der Waals surface area contributed by atoms with E-state index in [0.29, 0.717) is 45.4 Å². The van der Waals surface area contributed by atoms with Crippen molar-refractivity contribution in [1.82, 2.24) is 14.5 Å². The molecular formula is C19H31N3O5S. The van der Waals surface area contributed by atoms with Crippen LogP contribution in [0, 0.1) is 0 Å². The molecule has 8 nitrogen and oxygen atoms in total. The molecule has 1 fully saturated rings. The number of benzene rings is 1. The van der Waals surface area contributed by atoms with Gasteiger partial charge in [-0.15, -0.1) is 0 Å². The summed E-state index contributed by atoms with van der Waals surface area (Å²) in [6.45, 7) is 1.90. The molecule has 1 saturated heterocycles. The quantitative estimate of drug-likeness (QED) is 0.641. The fourth-order valence-electron chi connectivity index (χ4n) is 3.49. The smallest absolute Gasteiger partial charge is 0.237 e. The van der Waals surface area contributed by atoms with Gasteiger partial charge in [0.1, 0.15) is 5.75 Å². The number of likely N-dealkylation sites (tertiary alicyclic amines) is 1. The zero-order valence-corrected chi connectivity index (χ0v) is 17.7. The van der Waals surface area contributed by atoms with Crippen LogP contribution in [-0.4, -0.2) is 81.4 Å². The van der Waals surface area contributed by atoms with Crippen LogP contribution in [0.1, 0.15) is 24.8 Å². The lowest BCUT2D eigenvalue weighted by atomic mass is 9.94. The minimum Gasteiger partial charge on any atom is -0.497 e. The topological polar surface area (TPSA) is 99.2 Å². The Hall–Kier alpha value is -1.68. The summed E-state index contributed by atoms with van der Waals surface area (Å²) in [5.41, 5.74) is 0.254. The summed E-state index contributed by atoms with van der Waals surface area (Å²) in [6.07, 6.45) is 2.77. The van der Waals surface area contributed by atoms with E-state index in [2.05, 4.69) is 9.62 Å². The number of likely N-dealkylation sites (N-methyl/N-ethyl adjacent to an activating group) is 1. The molecule has 1 amide bonds. The standard InChI is InChI=1S/C19H31N3O5S/c1-21(14-16-5-7-17(27-2)8-6-16)15-19(24)9-4-11-22(12-10-19)18(23)13-20-28(3,25)26/h5-8,20,24H,4,9-15H2,1-3H3. The molecule has 1 heterocycles. The van der Waals surface area contributed by atoms with E-state index < -0.39 is 15.6 Å². The molecule has 0 saturated carbocycles. The molecule has 158 valence electrons. The number of rotatable bonds is 8. The van der Waals surface area contributed by atoms with Gasteiger partial charge >= 0.3 is 0 Å². The number of ether oxygens (including phenoxy) is 1. The van der Waals surface area contributed by atoms with Crippen molar-refractivity contribution in [2.75, 3.05) is 46.6 Å². The zero-order valence-electron chi connectivity index (χ0n) is 16.8. The lowest BCUT2D eigenvalue weighted by Gasteiger charge is -2.32. The number of amides is 1. The van der Waals surface area contributed by atoms with Crippen LogP contribution in [-0.2, 0) is 21.4 Å². The Kier molecular flexibility index (Phi) is 7.82. The summed E-state index contributed by atoms with van der Waals surface area (Å²) in [4.78, 5) is 15.9. The first-order valence-corrected chi connectivity index (χ1v) is 11.3. The zero-order chi connectivity index (χ0) is 20.8. The summed E-state index contributed by atoms with van der Waals surface area (Å²) in [5, 5.41) is 11.0. The molecular weight excluding hydrogens is 382 g/mol. The molecule has 1 aromatic rings. The average Bonchev–Trinajstić information content (AvgIpc) is 2.81. The summed E-state index contributed by atoms with van der Waals surface area (Å²) in [6, 6.07) is 7.83. The molecule has 1 aromatic carbocycles. The summed E-state index contributed by atoms with van der Waals surface area (Å²) < 4.78 is 29.7. The summed E-state index contributed by atoms with van der Waals surface area (Å²) in [7, 11) is 0.196. The number of aliphatic hydroxyl groups is 1. The summed E-state index contributed by atoms with van der Waals surface area (Å²) in [5.74, 6) is 0.546. The van der Waals surface area contributed by atoms with E-state index >= 15 is 0 Å². The Morgan fingerprint density at radius 2 is 1.96 bits per heavy atom. The maximum atomic E-state index is 12.2. The van der Waals surface area contributed by atoms with E-state index in [-0.39, 0.29) is 12.5 Å². The molecule has 0 aliphatic carbocycles. The number of nitrogens with one attached hydrogen (secondary N) is 1. The number of sulfonamides is 1. The molecule has 2 rings (SSSR count). The van der Waals surface area contributed by atoms with Crippen molar-refractivity contribution in [3.05, 3.63) is 29.8 Å². The number of nitrogens with zero attached hydrogens (tertiary/aromatic N) is 2. The minimum absolute atomic E-state index is 0.241. The van der Waals surface area contributed by atoms with Crippen LogP contribution in [0.25, 0.3) is 0 Å². The maximum absolute atomic E-state index is 12.2. The monoisotopic (exact) mass is 413 g/mol. The van der Waals surface area contributed by atoms with Crippen molar-refractivity contribution >= 4 is 15.9 Å². The van der Waals surface area contributed by atoms with E-state index in [1.54, 1.807) is 12.0 Å². The fourth-order valence-corrected chi connectivity index (χ4v) is 3.88. The van der Waals surface area contributed by atoms with Gasteiger partial charge in [-0.2, -0.15) is 0 Å². The molecule has 1 aliphatic heterocycles. The van der Waals surface area contributed by atoms with Crippen molar-refractivity contribution in [3.8, 4) is 5.75 Å². The molecule has 0 aromatic heterocycles. The third-order valence-corrected chi connectivity index (χ3v) is 5.60. The van der Waals surface area contributed by atoms with Crippen LogP contribution >= 0.6 is 0 Å². The van der Waals surface area contributed by atoms with Gasteiger partial charge in [-0.25, -0.2) is 13.1 Å². The largest absolute Gasteiger partial charge is 0.497 e. The highest BCUT2D eigenvalue weighted by atomic mass is 32.2. The van der Waals surface area contributed by atoms with Gasteiger partial charge in [0.05, 0.1) is 25.5 Å². The molecule has 2 N–H and O–H groups in total. The summed E-state index contributed by atoms with van der Waals surface area (Å²) >= 11 is 0. The first-order chi connectivity index (χ1) is 13.1. The Labute approximate surface area is 167 Å². The SMILES string of the molecule is COc1ccc(CN(C)CC2(O)CCCN(C(=O)CNS(C)(=O)=O)CC2)cc1. The van der Waals surface area contributed by atoms with Gasteiger partial charge in [-0.3, -0.25) is 9.69 Å². The van der Waals surface area contributed by atoms with Crippen LogP contribution in [0.3, 0.4) is 0 Å². The normalized spacial score (nSPS) is 20.8. The van der Waals surface area contributed by atoms with Crippen LogP contribution in [0.4, 0.5) is 0 Å². The van der Waals surface area contributed by atoms with E-state index in [1.807, 2.05) is 31.3 Å². The molecule has 0 spiro atoms. The second-order valence-corrected chi connectivity index (χ2v) is 9.41. The number of carbonyl (C=O) groups is 1. The number of hydrogen-bond donors (Lipinski definition) is 2. The van der Waals surface area contributed by atoms with Gasteiger partial charge in [-0.05, 0) is 44.0 Å². The highest BCUT2D eigenvalue weighted by Gasteiger charge is 2.32. The van der Waals surface area contributed by atoms with Crippen molar-refractivity contribution in [3.63, 3.8) is 0 Å². The highest BCUT2D eigenvalue weighted by Crippen LogP contribution is 2.24. The average molecular weight is 414 g/mol. The van der Waals surface area contributed by atoms with E-state index in [9.17, 15) is 18.3 Å². The van der Waals surface area contributed by atoms with Crippen LogP contribution in [0.5, 0.6) is 5.75 Å². The van der Waals surface area contributed by atoms with Crippen LogP contribution in [0.15, 0.2) is 24.3 Å². The molecule has 1 unspecified atom stereocenters. The van der Waals surface area contributed by atoms with Crippen molar-refractivity contribution < 1.29 is 23.1 Å². The Balaban J connectivity index is 1.87. The first kappa shape index (κ1) is 22.6. The number of carbonyl (C=O) groups excluding carboxylic acids is 1. The van der Waals surface area contributed by atoms with E-state index in [0.717, 1.165) is 17.6 Å². The molecule has 1 atom stereocenters. The second-order valence-electron chi connectivity index (χ2n) is 7.57. The molecule has 0 bridgehead atoms. The van der Waals surface area contributed by atoms with Gasteiger partial charge in [-0.1, -0.05) is 12.1 Å². The van der Waals surface area contributed by atoms with Gasteiger partial charge in [0.2, 0.25) is 15.9 Å². The van der Waals surface area contributed by atoms with Crippen LogP contribution in [0.2, 0.25) is 0 Å². The van der Waals surface area contributed by atoms with E-state index in [1.165, 1.54) is 0 Å². The molecule has 1 aliphatic rings. The van der Waals surface area contributed by atoms with Gasteiger partial charge in [0.25, 0.3) is 0 Å². The minimum atomic E-state index is -3.40. The van der Waals surface area contributed by atoms with E-state index in [4.69, 9.17) is 4.74 Å².